The molecular weight excluding hydrogens is 495 g/mol. The normalized spacial score (nSPS) is 15.8. The first-order chi connectivity index (χ1) is 14.0. The van der Waals surface area contributed by atoms with Gasteiger partial charge in [0, 0.05) is 0 Å². The number of quaternary nitrogens is 1. The maximum absolute atomic E-state index is 13.0. The Morgan fingerprint density at radius 3 is 1.19 bits per heavy atom. The van der Waals surface area contributed by atoms with Crippen molar-refractivity contribution in [3.05, 3.63) is 0 Å². The summed E-state index contributed by atoms with van der Waals surface area (Å²) in [6.07, 6.45) is -5.75. The molecule has 0 radical (unpaired) electrons. The average Bonchev–Trinajstić information content (AvgIpc) is 2.68. The van der Waals surface area contributed by atoms with Crippen molar-refractivity contribution in [1.82, 2.24) is 0 Å². The Labute approximate surface area is 179 Å². The van der Waals surface area contributed by atoms with Gasteiger partial charge >= 0.3 is 28.9 Å². The number of halogens is 11. The lowest BCUT2D eigenvalue weighted by Crippen LogP contribution is -2.70. The molecule has 0 aliphatic rings. The minimum atomic E-state index is -7.79. The van der Waals surface area contributed by atoms with Crippen molar-refractivity contribution >= 4 is 10.1 Å². The van der Waals surface area contributed by atoms with E-state index in [-0.39, 0.29) is 0 Å². The monoisotopic (exact) mass is 521 g/mol. The second-order valence-electron chi connectivity index (χ2n) is 6.80. The first-order valence-electron chi connectivity index (χ1n) is 9.31. The van der Waals surface area contributed by atoms with Gasteiger partial charge < -0.3 is 9.04 Å². The Morgan fingerprint density at radius 2 is 1.00 bits per heavy atom. The summed E-state index contributed by atoms with van der Waals surface area (Å²) in [5.74, 6) is -29.6. The fourth-order valence-electron chi connectivity index (χ4n) is 2.54. The Balaban J connectivity index is 0. The van der Waals surface area contributed by atoms with Crippen LogP contribution in [-0.4, -0.2) is 78.7 Å². The SMILES string of the molecule is CCC(F)C(F)(F)C(F)(F)C(F)(F)C(F)(F)C(F)(F)S(=O)(=O)[O-].CC[N+](CC)(CC)CC. The molecule has 1 unspecified atom stereocenters. The minimum absolute atomic E-state index is 0.418. The summed E-state index contributed by atoms with van der Waals surface area (Å²) in [6, 6.07) is 0. The molecule has 1 atom stereocenters. The Bertz CT molecular complexity index is 678. The van der Waals surface area contributed by atoms with Crippen molar-refractivity contribution in [3.63, 3.8) is 0 Å². The molecule has 0 bridgehead atoms. The highest BCUT2D eigenvalue weighted by Gasteiger charge is 2.88. The van der Waals surface area contributed by atoms with Gasteiger partial charge in [0.05, 0.1) is 26.2 Å². The van der Waals surface area contributed by atoms with Crippen LogP contribution in [0.1, 0.15) is 41.0 Å². The van der Waals surface area contributed by atoms with Gasteiger partial charge in [0.15, 0.2) is 16.3 Å². The van der Waals surface area contributed by atoms with Gasteiger partial charge in [0.2, 0.25) is 0 Å². The highest BCUT2D eigenvalue weighted by atomic mass is 32.2. The number of hydrogen-bond acceptors (Lipinski definition) is 3. The molecule has 0 spiro atoms. The van der Waals surface area contributed by atoms with Crippen LogP contribution in [0.15, 0.2) is 0 Å². The molecule has 0 N–H and O–H groups in total. The minimum Gasteiger partial charge on any atom is -0.743 e. The fraction of sp³-hybridized carbons (Fsp3) is 1.00. The van der Waals surface area contributed by atoms with Gasteiger partial charge in [0.1, 0.15) is 0 Å². The summed E-state index contributed by atoms with van der Waals surface area (Å²) >= 11 is 0. The first kappa shape index (κ1) is 33.3. The number of hydrogen-bond donors (Lipinski definition) is 0. The number of rotatable bonds is 11. The molecule has 0 aliphatic heterocycles. The van der Waals surface area contributed by atoms with Crippen LogP contribution in [-0.2, 0) is 10.1 Å². The van der Waals surface area contributed by atoms with Crippen molar-refractivity contribution < 1.29 is 65.7 Å². The molecule has 0 fully saturated rings. The van der Waals surface area contributed by atoms with Crippen molar-refractivity contribution in [1.29, 1.82) is 0 Å². The zero-order chi connectivity index (χ0) is 26.6. The predicted octanol–water partition coefficient (Wildman–Crippen LogP) is 5.30. The summed E-state index contributed by atoms with van der Waals surface area (Å²) in [5, 5.41) is -7.37. The van der Waals surface area contributed by atoms with Gasteiger partial charge in [-0.05, 0) is 34.1 Å². The van der Waals surface area contributed by atoms with Crippen LogP contribution in [0.5, 0.6) is 0 Å². The third-order valence-electron chi connectivity index (χ3n) is 5.32. The quantitative estimate of drug-likeness (QED) is 0.211. The zero-order valence-electron chi connectivity index (χ0n) is 17.9. The molecule has 16 heteroatoms. The maximum atomic E-state index is 13.0. The van der Waals surface area contributed by atoms with E-state index < -0.39 is 51.7 Å². The standard InChI is InChI=1S/C8H7F11O3S.C8H20N/c1-2-3(9)4(10,11)5(12,13)6(14,15)7(16,17)8(18,19)23(20,21)22;1-5-9(6-2,7-3)8-4/h3H,2H2,1H3,(H,20,21,22);5-8H2,1-4H3/q;+1/p-1. The third kappa shape index (κ3) is 5.59. The average molecular weight is 521 g/mol. The van der Waals surface area contributed by atoms with Crippen LogP contribution >= 0.6 is 0 Å². The van der Waals surface area contributed by atoms with Crippen LogP contribution in [0.3, 0.4) is 0 Å². The third-order valence-corrected chi connectivity index (χ3v) is 6.21. The summed E-state index contributed by atoms with van der Waals surface area (Å²) in [5.41, 5.74) is 0. The molecule has 0 aromatic heterocycles. The first-order valence-corrected chi connectivity index (χ1v) is 10.7. The molecule has 4 nitrogen and oxygen atoms in total. The number of nitrogens with zero attached hydrogens (tertiary/aromatic N) is 1. The van der Waals surface area contributed by atoms with Crippen molar-refractivity contribution in [2.45, 2.75) is 76.2 Å². The fourth-order valence-corrected chi connectivity index (χ4v) is 2.98. The lowest BCUT2D eigenvalue weighted by atomic mass is 9.94. The van der Waals surface area contributed by atoms with Gasteiger partial charge in [-0.2, -0.15) is 43.9 Å². The van der Waals surface area contributed by atoms with Gasteiger partial charge in [-0.15, -0.1) is 0 Å². The Morgan fingerprint density at radius 1 is 0.688 bits per heavy atom. The van der Waals surface area contributed by atoms with Crippen LogP contribution in [0.4, 0.5) is 48.3 Å². The van der Waals surface area contributed by atoms with E-state index in [4.69, 9.17) is 0 Å². The Kier molecular flexibility index (Phi) is 11.0. The smallest absolute Gasteiger partial charge is 0.402 e. The molecule has 0 aromatic rings. The second-order valence-corrected chi connectivity index (χ2v) is 8.22. The zero-order valence-corrected chi connectivity index (χ0v) is 18.7. The van der Waals surface area contributed by atoms with E-state index in [0.29, 0.717) is 6.92 Å². The molecule has 0 heterocycles. The van der Waals surface area contributed by atoms with Gasteiger partial charge in [-0.25, -0.2) is 12.8 Å². The van der Waals surface area contributed by atoms with Gasteiger partial charge in [-0.1, -0.05) is 6.92 Å². The molecule has 0 rings (SSSR count). The lowest BCUT2D eigenvalue weighted by molar-refractivity contribution is -0.921. The van der Waals surface area contributed by atoms with Crippen LogP contribution in [0.2, 0.25) is 0 Å². The van der Waals surface area contributed by atoms with Gasteiger partial charge in [0.25, 0.3) is 0 Å². The number of alkyl halides is 11. The molecule has 0 saturated heterocycles. The van der Waals surface area contributed by atoms with E-state index in [9.17, 15) is 61.3 Å². The molecule has 0 saturated carbocycles. The molecule has 0 aromatic carbocycles. The van der Waals surface area contributed by atoms with E-state index in [0.717, 1.165) is 0 Å². The van der Waals surface area contributed by atoms with Crippen LogP contribution < -0.4 is 0 Å². The summed E-state index contributed by atoms with van der Waals surface area (Å²) in [4.78, 5) is 0. The molecule has 32 heavy (non-hydrogen) atoms. The summed E-state index contributed by atoms with van der Waals surface area (Å²) < 4.78 is 172. The van der Waals surface area contributed by atoms with E-state index in [1.807, 2.05) is 0 Å². The highest BCUT2D eigenvalue weighted by Crippen LogP contribution is 2.59. The van der Waals surface area contributed by atoms with Crippen molar-refractivity contribution in [2.75, 3.05) is 26.2 Å². The Hall–Kier alpha value is -0.900. The van der Waals surface area contributed by atoms with Crippen molar-refractivity contribution in [3.8, 4) is 0 Å². The molecule has 0 aliphatic carbocycles. The van der Waals surface area contributed by atoms with Crippen LogP contribution in [0, 0.1) is 0 Å². The highest BCUT2D eigenvalue weighted by molar-refractivity contribution is 7.86. The largest absolute Gasteiger partial charge is 0.743 e. The van der Waals surface area contributed by atoms with E-state index in [1.165, 1.54) is 30.7 Å². The molecule has 0 amide bonds. The lowest BCUT2D eigenvalue weighted by Gasteiger charge is -2.40. The maximum Gasteiger partial charge on any atom is 0.402 e. The molecular formula is C16H26F11NO3S. The predicted molar refractivity (Wildman–Crippen MR) is 92.0 cm³/mol. The van der Waals surface area contributed by atoms with Gasteiger partial charge in [-0.3, -0.25) is 0 Å². The topological polar surface area (TPSA) is 57.2 Å². The van der Waals surface area contributed by atoms with E-state index in [1.54, 1.807) is 0 Å². The summed E-state index contributed by atoms with van der Waals surface area (Å²) in [7, 11) is -7.66. The van der Waals surface area contributed by atoms with Crippen molar-refractivity contribution in [2.24, 2.45) is 0 Å². The van der Waals surface area contributed by atoms with E-state index >= 15 is 0 Å². The van der Waals surface area contributed by atoms with E-state index in [2.05, 4.69) is 27.7 Å². The summed E-state index contributed by atoms with van der Waals surface area (Å²) in [6.45, 7) is 14.6. The molecule has 196 valence electrons. The second kappa shape index (κ2) is 10.6. The van der Waals surface area contributed by atoms with Crippen LogP contribution in [0.25, 0.3) is 0 Å².